The predicted octanol–water partition coefficient (Wildman–Crippen LogP) is 4.49. The highest BCUT2D eigenvalue weighted by Gasteiger charge is 2.70. The van der Waals surface area contributed by atoms with Crippen LogP contribution in [0.25, 0.3) is 10.9 Å². The third-order valence-electron chi connectivity index (χ3n) is 10.4. The fourth-order valence-corrected chi connectivity index (χ4v) is 8.79. The number of carbonyl (C=O) groups is 2. The van der Waals surface area contributed by atoms with E-state index in [1.165, 1.54) is 6.33 Å². The minimum atomic E-state index is -1.65. The first kappa shape index (κ1) is 25.7. The molecule has 1 aromatic carbocycles. The minimum Gasteiger partial charge on any atom is -0.469 e. The lowest BCUT2D eigenvalue weighted by molar-refractivity contribution is -0.183. The molecule has 4 aliphatic carbocycles. The normalized spacial score (nSPS) is 39.8. The molecule has 2 N–H and O–H groups in total. The predicted molar refractivity (Wildman–Crippen MR) is 143 cm³/mol. The Hall–Kier alpha value is -2.61. The number of hydrogen-bond donors (Lipinski definition) is 2. The van der Waals surface area contributed by atoms with Gasteiger partial charge in [-0.05, 0) is 73.8 Å². The highest BCUT2D eigenvalue weighted by molar-refractivity contribution is 6.31. The summed E-state index contributed by atoms with van der Waals surface area (Å²) in [6.45, 7) is 5.66. The second-order valence-corrected chi connectivity index (χ2v) is 12.6. The number of benzene rings is 1. The van der Waals surface area contributed by atoms with Crippen molar-refractivity contribution < 1.29 is 24.5 Å². The average Bonchev–Trinajstić information content (AvgIpc) is 3.08. The van der Waals surface area contributed by atoms with Gasteiger partial charge < -0.3 is 14.9 Å². The van der Waals surface area contributed by atoms with Gasteiger partial charge in [-0.25, -0.2) is 9.97 Å². The van der Waals surface area contributed by atoms with Gasteiger partial charge in [0, 0.05) is 21.8 Å². The number of aliphatic hydroxyl groups is 2. The smallest absolute Gasteiger partial charge is 0.224 e. The maximum atomic E-state index is 13.8. The van der Waals surface area contributed by atoms with Crippen molar-refractivity contribution in [3.63, 3.8) is 0 Å². The summed E-state index contributed by atoms with van der Waals surface area (Å²) in [6.07, 6.45) is 8.57. The van der Waals surface area contributed by atoms with Crippen molar-refractivity contribution in [2.45, 2.75) is 58.2 Å². The van der Waals surface area contributed by atoms with E-state index in [4.69, 9.17) is 16.3 Å². The number of nitrogens with zero attached hydrogens (tertiary/aromatic N) is 2. The number of fused-ring (bicyclic) bond motifs is 6. The summed E-state index contributed by atoms with van der Waals surface area (Å²) in [6, 6.07) is 5.18. The zero-order valence-electron chi connectivity index (χ0n) is 21.9. The van der Waals surface area contributed by atoms with Crippen LogP contribution in [0, 0.1) is 34.5 Å². The van der Waals surface area contributed by atoms with Crippen LogP contribution in [-0.2, 0) is 9.59 Å². The van der Waals surface area contributed by atoms with E-state index >= 15 is 0 Å². The summed E-state index contributed by atoms with van der Waals surface area (Å²) in [5.41, 5.74) is -1.14. The van der Waals surface area contributed by atoms with E-state index in [2.05, 4.69) is 16.9 Å². The first-order valence-electron chi connectivity index (χ1n) is 13.4. The molecule has 3 saturated carbocycles. The molecule has 3 fully saturated rings. The molecular weight excluding hydrogens is 504 g/mol. The molecule has 0 spiro atoms. The SMILES string of the molecule is C[C@@H]1CC2C3CCC4=CC(=O)C=CC4(C)C3C(O)CC2(C)[C@@]1(O)C(=O)COc1ncnc2ccc(Cl)cc12. The molecule has 0 amide bonds. The van der Waals surface area contributed by atoms with Crippen molar-refractivity contribution in [3.05, 3.63) is 53.4 Å². The number of ether oxygens (including phenoxy) is 1. The molecule has 6 rings (SSSR count). The number of rotatable bonds is 4. The Morgan fingerprint density at radius 3 is 2.84 bits per heavy atom. The van der Waals surface area contributed by atoms with Crippen molar-refractivity contribution in [1.82, 2.24) is 9.97 Å². The fraction of sp³-hybridized carbons (Fsp3) is 0.533. The van der Waals surface area contributed by atoms with Crippen LogP contribution in [0.15, 0.2) is 48.3 Å². The van der Waals surface area contributed by atoms with Gasteiger partial charge in [-0.15, -0.1) is 0 Å². The number of aliphatic hydroxyl groups excluding tert-OH is 1. The lowest BCUT2D eigenvalue weighted by atomic mass is 9.46. The molecule has 0 saturated heterocycles. The molecule has 0 aliphatic heterocycles. The molecule has 200 valence electrons. The lowest BCUT2D eigenvalue weighted by Gasteiger charge is -2.59. The topological polar surface area (TPSA) is 110 Å². The van der Waals surface area contributed by atoms with E-state index in [0.717, 1.165) is 18.4 Å². The van der Waals surface area contributed by atoms with Crippen LogP contribution >= 0.6 is 11.6 Å². The molecule has 4 aliphatic rings. The maximum absolute atomic E-state index is 13.8. The molecule has 6 unspecified atom stereocenters. The van der Waals surface area contributed by atoms with Crippen LogP contribution in [0.3, 0.4) is 0 Å². The summed E-state index contributed by atoms with van der Waals surface area (Å²) in [4.78, 5) is 34.3. The van der Waals surface area contributed by atoms with Crippen LogP contribution in [-0.4, -0.2) is 50.1 Å². The first-order valence-corrected chi connectivity index (χ1v) is 13.8. The molecule has 8 heteroatoms. The van der Waals surface area contributed by atoms with E-state index in [1.54, 1.807) is 30.4 Å². The molecule has 0 radical (unpaired) electrons. The maximum Gasteiger partial charge on any atom is 0.224 e. The van der Waals surface area contributed by atoms with Crippen molar-refractivity contribution in [3.8, 4) is 5.88 Å². The third-order valence-corrected chi connectivity index (χ3v) is 10.6. The van der Waals surface area contributed by atoms with E-state index in [0.29, 0.717) is 28.8 Å². The fourth-order valence-electron chi connectivity index (χ4n) is 8.62. The molecule has 38 heavy (non-hydrogen) atoms. The van der Waals surface area contributed by atoms with Gasteiger partial charge in [0.25, 0.3) is 0 Å². The van der Waals surface area contributed by atoms with E-state index in [1.807, 2.05) is 19.9 Å². The van der Waals surface area contributed by atoms with Gasteiger partial charge in [-0.3, -0.25) is 9.59 Å². The van der Waals surface area contributed by atoms with Gasteiger partial charge in [0.15, 0.2) is 12.4 Å². The zero-order chi connectivity index (χ0) is 27.0. The van der Waals surface area contributed by atoms with E-state index in [-0.39, 0.29) is 41.9 Å². The number of allylic oxidation sites excluding steroid dienone is 4. The van der Waals surface area contributed by atoms with Gasteiger partial charge in [-0.1, -0.05) is 44.0 Å². The van der Waals surface area contributed by atoms with Crippen molar-refractivity contribution >= 4 is 34.1 Å². The Bertz CT molecular complexity index is 1410. The van der Waals surface area contributed by atoms with Gasteiger partial charge in [0.1, 0.15) is 11.9 Å². The summed E-state index contributed by atoms with van der Waals surface area (Å²) >= 11 is 6.16. The molecule has 7 nitrogen and oxygen atoms in total. The second kappa shape index (κ2) is 8.70. The highest BCUT2D eigenvalue weighted by Crippen LogP contribution is 2.68. The van der Waals surface area contributed by atoms with Crippen LogP contribution in [0.2, 0.25) is 5.02 Å². The number of aromatic nitrogens is 2. The number of carbonyl (C=O) groups excluding carboxylic acids is 2. The Labute approximate surface area is 227 Å². The van der Waals surface area contributed by atoms with Crippen LogP contribution in [0.4, 0.5) is 0 Å². The summed E-state index contributed by atoms with van der Waals surface area (Å²) in [7, 11) is 0. The summed E-state index contributed by atoms with van der Waals surface area (Å²) in [5.74, 6) is -0.347. The standard InChI is InChI=1S/C30H33ClN2O5/c1-16-10-22-20-6-4-17-11-19(34)8-9-28(17,2)26(20)24(35)13-29(22,3)30(16,37)25(36)14-38-27-21-12-18(31)5-7-23(21)32-15-33-27/h5,7-9,11-12,15-16,20,22,24,26,35,37H,4,6,10,13-14H2,1-3H3/t16-,20?,22?,24?,26?,28?,29?,30+/m1/s1. The molecule has 1 heterocycles. The summed E-state index contributed by atoms with van der Waals surface area (Å²) in [5, 5.41) is 24.9. The van der Waals surface area contributed by atoms with Crippen molar-refractivity contribution in [2.75, 3.05) is 6.61 Å². The van der Waals surface area contributed by atoms with E-state index in [9.17, 15) is 19.8 Å². The number of halogens is 1. The Morgan fingerprint density at radius 1 is 1.26 bits per heavy atom. The summed E-state index contributed by atoms with van der Waals surface area (Å²) < 4.78 is 5.89. The number of Topliss-reactive ketones (excluding diaryl/α,β-unsaturated/α-hetero) is 1. The number of ketones is 2. The molecule has 1 aromatic heterocycles. The Balaban J connectivity index is 1.29. The third kappa shape index (κ3) is 3.48. The lowest BCUT2D eigenvalue weighted by Crippen LogP contribution is -2.63. The number of hydrogen-bond acceptors (Lipinski definition) is 7. The second-order valence-electron chi connectivity index (χ2n) is 12.2. The van der Waals surface area contributed by atoms with Gasteiger partial charge in [-0.2, -0.15) is 0 Å². The molecule has 8 atom stereocenters. The molecule has 2 aromatic rings. The quantitative estimate of drug-likeness (QED) is 0.592. The average molecular weight is 537 g/mol. The Kier molecular flexibility index (Phi) is 5.87. The molecular formula is C30H33ClN2O5. The highest BCUT2D eigenvalue weighted by atomic mass is 35.5. The van der Waals surface area contributed by atoms with Crippen molar-refractivity contribution in [1.29, 1.82) is 0 Å². The van der Waals surface area contributed by atoms with E-state index < -0.39 is 28.3 Å². The van der Waals surface area contributed by atoms with Crippen LogP contribution in [0.1, 0.15) is 46.5 Å². The largest absolute Gasteiger partial charge is 0.469 e. The van der Waals surface area contributed by atoms with Crippen LogP contribution < -0.4 is 4.74 Å². The Morgan fingerprint density at radius 2 is 2.05 bits per heavy atom. The van der Waals surface area contributed by atoms with Crippen molar-refractivity contribution in [2.24, 2.45) is 34.5 Å². The van der Waals surface area contributed by atoms with Gasteiger partial charge in [0.2, 0.25) is 11.7 Å². The monoisotopic (exact) mass is 536 g/mol. The van der Waals surface area contributed by atoms with Gasteiger partial charge >= 0.3 is 0 Å². The minimum absolute atomic E-state index is 0.000685. The molecule has 0 bridgehead atoms. The first-order chi connectivity index (χ1) is 18.0. The van der Waals surface area contributed by atoms with Crippen LogP contribution in [0.5, 0.6) is 5.88 Å². The zero-order valence-corrected chi connectivity index (χ0v) is 22.6. The van der Waals surface area contributed by atoms with Gasteiger partial charge in [0.05, 0.1) is 17.0 Å².